The standard InChI is InChI=1S/C17H26ClN5O.HI/c1-19-17(22-11-8-13-6-7-15(18)23-12-13)21-10-3-9-20-16(24)14-4-2-5-14;/h6-7,12,14H,2-5,8-11H2,1H3,(H,20,24)(H2,19,21,22);1H. The first-order valence-electron chi connectivity index (χ1n) is 8.51. The Bertz CT molecular complexity index is 548. The second-order valence-corrected chi connectivity index (χ2v) is 6.32. The van der Waals surface area contributed by atoms with Gasteiger partial charge in [-0.3, -0.25) is 9.79 Å². The van der Waals surface area contributed by atoms with E-state index in [-0.39, 0.29) is 35.8 Å². The number of aromatic nitrogens is 1. The zero-order valence-corrected chi connectivity index (χ0v) is 17.6. The summed E-state index contributed by atoms with van der Waals surface area (Å²) >= 11 is 5.77. The molecule has 1 heterocycles. The summed E-state index contributed by atoms with van der Waals surface area (Å²) in [6.45, 7) is 2.24. The number of nitrogens with zero attached hydrogens (tertiary/aromatic N) is 2. The Morgan fingerprint density at radius 3 is 2.56 bits per heavy atom. The molecule has 0 saturated heterocycles. The van der Waals surface area contributed by atoms with Crippen molar-refractivity contribution in [2.24, 2.45) is 10.9 Å². The number of hydrogen-bond donors (Lipinski definition) is 3. The van der Waals surface area contributed by atoms with E-state index in [1.54, 1.807) is 19.3 Å². The maximum atomic E-state index is 11.7. The van der Waals surface area contributed by atoms with Crippen LogP contribution in [-0.2, 0) is 11.2 Å². The Hall–Kier alpha value is -1.09. The molecule has 25 heavy (non-hydrogen) atoms. The fourth-order valence-corrected chi connectivity index (χ4v) is 2.53. The highest BCUT2D eigenvalue weighted by atomic mass is 127. The quantitative estimate of drug-likeness (QED) is 0.176. The molecule has 0 aliphatic heterocycles. The molecule has 1 fully saturated rings. The second kappa shape index (κ2) is 12.3. The highest BCUT2D eigenvalue weighted by Gasteiger charge is 2.24. The van der Waals surface area contributed by atoms with Gasteiger partial charge in [-0.2, -0.15) is 0 Å². The van der Waals surface area contributed by atoms with Crippen LogP contribution in [0.15, 0.2) is 23.3 Å². The average molecular weight is 480 g/mol. The van der Waals surface area contributed by atoms with Gasteiger partial charge in [0, 0.05) is 38.8 Å². The molecule has 0 aromatic carbocycles. The largest absolute Gasteiger partial charge is 0.356 e. The lowest BCUT2D eigenvalue weighted by atomic mass is 9.85. The van der Waals surface area contributed by atoms with Crippen molar-refractivity contribution >= 4 is 47.4 Å². The van der Waals surface area contributed by atoms with Crippen LogP contribution in [0.25, 0.3) is 0 Å². The van der Waals surface area contributed by atoms with E-state index >= 15 is 0 Å². The Balaban J connectivity index is 0.00000312. The van der Waals surface area contributed by atoms with Crippen molar-refractivity contribution < 1.29 is 4.79 Å². The van der Waals surface area contributed by atoms with Gasteiger partial charge < -0.3 is 16.0 Å². The number of rotatable bonds is 8. The van der Waals surface area contributed by atoms with Crippen molar-refractivity contribution in [2.45, 2.75) is 32.1 Å². The van der Waals surface area contributed by atoms with Gasteiger partial charge in [0.1, 0.15) is 5.15 Å². The maximum absolute atomic E-state index is 11.7. The van der Waals surface area contributed by atoms with Crippen LogP contribution < -0.4 is 16.0 Å². The van der Waals surface area contributed by atoms with Crippen molar-refractivity contribution in [3.8, 4) is 0 Å². The summed E-state index contributed by atoms with van der Waals surface area (Å²) in [7, 11) is 1.75. The molecule has 1 amide bonds. The van der Waals surface area contributed by atoms with Gasteiger partial charge in [0.15, 0.2) is 5.96 Å². The van der Waals surface area contributed by atoms with Crippen LogP contribution in [0, 0.1) is 5.92 Å². The number of carbonyl (C=O) groups is 1. The van der Waals surface area contributed by atoms with Crippen LogP contribution in [0.5, 0.6) is 0 Å². The average Bonchev–Trinajstić information content (AvgIpc) is 2.53. The summed E-state index contributed by atoms with van der Waals surface area (Å²) in [5.41, 5.74) is 1.13. The number of amides is 1. The SMILES string of the molecule is CN=C(NCCCNC(=O)C1CCC1)NCCc1ccc(Cl)nc1.I. The van der Waals surface area contributed by atoms with Gasteiger partial charge in [0.05, 0.1) is 0 Å². The van der Waals surface area contributed by atoms with Gasteiger partial charge in [-0.05, 0) is 37.3 Å². The predicted molar refractivity (Wildman–Crippen MR) is 113 cm³/mol. The van der Waals surface area contributed by atoms with E-state index in [2.05, 4.69) is 25.9 Å². The summed E-state index contributed by atoms with van der Waals surface area (Å²) in [6.07, 6.45) is 6.79. The topological polar surface area (TPSA) is 78.4 Å². The lowest BCUT2D eigenvalue weighted by Gasteiger charge is -2.24. The smallest absolute Gasteiger partial charge is 0.223 e. The van der Waals surface area contributed by atoms with E-state index in [1.807, 2.05) is 6.07 Å². The zero-order chi connectivity index (χ0) is 17.2. The van der Waals surface area contributed by atoms with Gasteiger partial charge >= 0.3 is 0 Å². The minimum atomic E-state index is 0. The van der Waals surface area contributed by atoms with E-state index in [4.69, 9.17) is 11.6 Å². The first-order chi connectivity index (χ1) is 11.7. The Morgan fingerprint density at radius 1 is 1.24 bits per heavy atom. The molecule has 2 rings (SSSR count). The highest BCUT2D eigenvalue weighted by Crippen LogP contribution is 2.25. The summed E-state index contributed by atoms with van der Waals surface area (Å²) in [5, 5.41) is 10.0. The van der Waals surface area contributed by atoms with Crippen molar-refractivity contribution in [1.29, 1.82) is 0 Å². The third-order valence-corrected chi connectivity index (χ3v) is 4.36. The molecule has 0 radical (unpaired) electrons. The number of guanidine groups is 1. The van der Waals surface area contributed by atoms with E-state index in [1.165, 1.54) is 6.42 Å². The molecule has 3 N–H and O–H groups in total. The lowest BCUT2D eigenvalue weighted by Crippen LogP contribution is -2.40. The molecule has 1 aliphatic rings. The molecular formula is C17H27ClIN5O. The summed E-state index contributed by atoms with van der Waals surface area (Å²) < 4.78 is 0. The number of halogens is 2. The second-order valence-electron chi connectivity index (χ2n) is 5.94. The van der Waals surface area contributed by atoms with Gasteiger partial charge in [0.25, 0.3) is 0 Å². The van der Waals surface area contributed by atoms with Crippen LogP contribution in [0.4, 0.5) is 0 Å². The lowest BCUT2D eigenvalue weighted by molar-refractivity contribution is -0.127. The van der Waals surface area contributed by atoms with Gasteiger partial charge in [-0.1, -0.05) is 24.1 Å². The third kappa shape index (κ3) is 8.22. The normalized spacial score (nSPS) is 14.2. The summed E-state index contributed by atoms with van der Waals surface area (Å²) in [5.74, 6) is 1.23. The molecule has 0 spiro atoms. The maximum Gasteiger partial charge on any atom is 0.223 e. The molecule has 0 atom stereocenters. The Labute approximate surface area is 171 Å². The van der Waals surface area contributed by atoms with Crippen LogP contribution >= 0.6 is 35.6 Å². The minimum absolute atomic E-state index is 0. The molecule has 1 aromatic heterocycles. The summed E-state index contributed by atoms with van der Waals surface area (Å²) in [6, 6.07) is 3.76. The van der Waals surface area contributed by atoms with Crippen LogP contribution in [-0.4, -0.2) is 43.5 Å². The van der Waals surface area contributed by atoms with Crippen LogP contribution in [0.2, 0.25) is 5.15 Å². The number of carbonyl (C=O) groups excluding carboxylic acids is 1. The van der Waals surface area contributed by atoms with Crippen LogP contribution in [0.3, 0.4) is 0 Å². The van der Waals surface area contributed by atoms with Crippen molar-refractivity contribution in [1.82, 2.24) is 20.9 Å². The number of nitrogens with one attached hydrogen (secondary N) is 3. The van der Waals surface area contributed by atoms with E-state index < -0.39 is 0 Å². The third-order valence-electron chi connectivity index (χ3n) is 4.14. The number of hydrogen-bond acceptors (Lipinski definition) is 3. The van der Waals surface area contributed by atoms with Crippen LogP contribution in [0.1, 0.15) is 31.2 Å². The monoisotopic (exact) mass is 479 g/mol. The first-order valence-corrected chi connectivity index (χ1v) is 8.89. The van der Waals surface area contributed by atoms with E-state index in [9.17, 15) is 4.79 Å². The highest BCUT2D eigenvalue weighted by molar-refractivity contribution is 14.0. The van der Waals surface area contributed by atoms with E-state index in [0.29, 0.717) is 11.7 Å². The van der Waals surface area contributed by atoms with Gasteiger partial charge in [-0.15, -0.1) is 24.0 Å². The predicted octanol–water partition coefficient (Wildman–Crippen LogP) is 2.37. The molecule has 1 aliphatic carbocycles. The molecule has 140 valence electrons. The fourth-order valence-electron chi connectivity index (χ4n) is 2.42. The zero-order valence-electron chi connectivity index (χ0n) is 14.6. The number of pyridine rings is 1. The molecule has 1 saturated carbocycles. The van der Waals surface area contributed by atoms with Gasteiger partial charge in [0.2, 0.25) is 5.91 Å². The fraction of sp³-hybridized carbons (Fsp3) is 0.588. The Morgan fingerprint density at radius 2 is 1.96 bits per heavy atom. The summed E-state index contributed by atoms with van der Waals surface area (Å²) in [4.78, 5) is 19.9. The molecule has 0 unspecified atom stereocenters. The molecular weight excluding hydrogens is 453 g/mol. The molecule has 1 aromatic rings. The van der Waals surface area contributed by atoms with Gasteiger partial charge in [-0.25, -0.2) is 4.98 Å². The molecule has 0 bridgehead atoms. The Kier molecular flexibility index (Phi) is 10.8. The van der Waals surface area contributed by atoms with E-state index in [0.717, 1.165) is 50.3 Å². The van der Waals surface area contributed by atoms with Crippen molar-refractivity contribution in [2.75, 3.05) is 26.7 Å². The first kappa shape index (κ1) is 22.0. The van der Waals surface area contributed by atoms with Crippen molar-refractivity contribution in [3.05, 3.63) is 29.0 Å². The minimum Gasteiger partial charge on any atom is -0.356 e. The molecule has 8 heteroatoms. The molecule has 6 nitrogen and oxygen atoms in total. The number of aliphatic imine (C=N–C) groups is 1. The van der Waals surface area contributed by atoms with Crippen molar-refractivity contribution in [3.63, 3.8) is 0 Å².